The first-order valence-corrected chi connectivity index (χ1v) is 7.05. The van der Waals surface area contributed by atoms with E-state index in [4.69, 9.17) is 5.11 Å². The number of aliphatic hydroxyl groups excluding tert-OH is 1. The molecule has 96 valence electrons. The first kappa shape index (κ1) is 15.6. The van der Waals surface area contributed by atoms with Gasteiger partial charge in [0.15, 0.2) is 0 Å². The van der Waals surface area contributed by atoms with Gasteiger partial charge in [0.2, 0.25) is 0 Å². The summed E-state index contributed by atoms with van der Waals surface area (Å²) in [5.41, 5.74) is 0. The first-order valence-electron chi connectivity index (χ1n) is 5.66. The molecule has 0 spiro atoms. The van der Waals surface area contributed by atoms with Gasteiger partial charge in [0.1, 0.15) is 0 Å². The molecule has 3 N–H and O–H groups in total. The number of aliphatic hydroxyl groups is 1. The summed E-state index contributed by atoms with van der Waals surface area (Å²) in [4.78, 5) is 11.5. The molecule has 0 radical (unpaired) electrons. The molecule has 2 amide bonds. The lowest BCUT2D eigenvalue weighted by atomic mass is 10.0. The quantitative estimate of drug-likeness (QED) is 0.639. The number of urea groups is 1. The Kier molecular flexibility index (Phi) is 8.47. The van der Waals surface area contributed by atoms with Gasteiger partial charge in [0.25, 0.3) is 0 Å². The van der Waals surface area contributed by atoms with E-state index in [2.05, 4.69) is 24.5 Å². The van der Waals surface area contributed by atoms with Gasteiger partial charge in [-0.3, -0.25) is 0 Å². The summed E-state index contributed by atoms with van der Waals surface area (Å²) < 4.78 is 0. The Morgan fingerprint density at radius 2 is 1.94 bits per heavy atom. The molecule has 0 fully saturated rings. The van der Waals surface area contributed by atoms with Gasteiger partial charge in [-0.1, -0.05) is 13.8 Å². The van der Waals surface area contributed by atoms with Gasteiger partial charge >= 0.3 is 6.03 Å². The second-order valence-corrected chi connectivity index (χ2v) is 5.39. The van der Waals surface area contributed by atoms with Crippen LogP contribution in [0.4, 0.5) is 4.79 Å². The maximum absolute atomic E-state index is 11.5. The molecule has 0 heterocycles. The van der Waals surface area contributed by atoms with Crippen LogP contribution >= 0.6 is 11.8 Å². The molecule has 0 aliphatic heterocycles. The SMILES string of the molecule is CSC[C@@H](C)NC(=O)N[C@@H](CO)CC(C)C. The second kappa shape index (κ2) is 8.70. The van der Waals surface area contributed by atoms with Crippen LogP contribution in [-0.4, -0.2) is 41.8 Å². The van der Waals surface area contributed by atoms with Crippen molar-refractivity contribution >= 4 is 17.8 Å². The highest BCUT2D eigenvalue weighted by molar-refractivity contribution is 7.98. The highest BCUT2D eigenvalue weighted by atomic mass is 32.2. The van der Waals surface area contributed by atoms with Crippen LogP contribution < -0.4 is 10.6 Å². The summed E-state index contributed by atoms with van der Waals surface area (Å²) in [5.74, 6) is 1.35. The van der Waals surface area contributed by atoms with Crippen molar-refractivity contribution in [2.75, 3.05) is 18.6 Å². The van der Waals surface area contributed by atoms with Gasteiger partial charge in [-0.05, 0) is 25.5 Å². The van der Waals surface area contributed by atoms with Crippen LogP contribution in [0.5, 0.6) is 0 Å². The largest absolute Gasteiger partial charge is 0.394 e. The molecule has 0 rings (SSSR count). The van der Waals surface area contributed by atoms with Gasteiger partial charge in [-0.15, -0.1) is 0 Å². The lowest BCUT2D eigenvalue weighted by Crippen LogP contribution is -2.47. The molecule has 0 aromatic heterocycles. The Morgan fingerprint density at radius 3 is 2.38 bits per heavy atom. The van der Waals surface area contributed by atoms with Crippen LogP contribution in [-0.2, 0) is 0 Å². The second-order valence-electron chi connectivity index (χ2n) is 4.48. The molecule has 4 nitrogen and oxygen atoms in total. The van der Waals surface area contributed by atoms with E-state index in [0.29, 0.717) is 5.92 Å². The molecule has 0 saturated heterocycles. The number of carbonyl (C=O) groups excluding carboxylic acids is 1. The van der Waals surface area contributed by atoms with Crippen molar-refractivity contribution in [3.63, 3.8) is 0 Å². The highest BCUT2D eigenvalue weighted by Crippen LogP contribution is 2.04. The Balaban J connectivity index is 3.91. The first-order chi connectivity index (χ1) is 7.49. The predicted octanol–water partition coefficient (Wildman–Crippen LogP) is 1.44. The summed E-state index contributed by atoms with van der Waals surface area (Å²) in [7, 11) is 0. The smallest absolute Gasteiger partial charge is 0.315 e. The van der Waals surface area contributed by atoms with Crippen LogP contribution in [0.2, 0.25) is 0 Å². The van der Waals surface area contributed by atoms with E-state index in [9.17, 15) is 4.79 Å². The lowest BCUT2D eigenvalue weighted by Gasteiger charge is -2.20. The zero-order valence-corrected chi connectivity index (χ0v) is 11.4. The van der Waals surface area contributed by atoms with Crippen LogP contribution in [0.15, 0.2) is 0 Å². The summed E-state index contributed by atoms with van der Waals surface area (Å²) >= 11 is 1.70. The maximum atomic E-state index is 11.5. The standard InChI is InChI=1S/C11H24N2O2S/c1-8(2)5-10(6-14)13-11(15)12-9(3)7-16-4/h8-10,14H,5-7H2,1-4H3,(H2,12,13,15)/t9-,10-/m1/s1. The summed E-state index contributed by atoms with van der Waals surface area (Å²) in [6, 6.07) is -0.198. The van der Waals surface area contributed by atoms with Crippen LogP contribution in [0, 0.1) is 5.92 Å². The van der Waals surface area contributed by atoms with E-state index in [0.717, 1.165) is 12.2 Å². The Hall–Kier alpha value is -0.420. The molecule has 16 heavy (non-hydrogen) atoms. The number of hydrogen-bond donors (Lipinski definition) is 3. The van der Waals surface area contributed by atoms with Gasteiger partial charge in [-0.2, -0.15) is 11.8 Å². The van der Waals surface area contributed by atoms with Crippen molar-refractivity contribution in [3.05, 3.63) is 0 Å². The van der Waals surface area contributed by atoms with Gasteiger partial charge in [-0.25, -0.2) is 4.79 Å². The van der Waals surface area contributed by atoms with Crippen LogP contribution in [0.25, 0.3) is 0 Å². The minimum atomic E-state index is -0.193. The molecular formula is C11H24N2O2S. The van der Waals surface area contributed by atoms with E-state index in [-0.39, 0.29) is 24.7 Å². The van der Waals surface area contributed by atoms with Crippen LogP contribution in [0.1, 0.15) is 27.2 Å². The minimum Gasteiger partial charge on any atom is -0.394 e. The normalized spacial score (nSPS) is 14.6. The number of hydrogen-bond acceptors (Lipinski definition) is 3. The third-order valence-electron chi connectivity index (χ3n) is 2.11. The molecule has 0 unspecified atom stereocenters. The summed E-state index contributed by atoms with van der Waals surface area (Å²) in [5, 5.41) is 14.7. The number of amides is 2. The zero-order chi connectivity index (χ0) is 12.6. The number of rotatable bonds is 7. The Morgan fingerprint density at radius 1 is 1.31 bits per heavy atom. The predicted molar refractivity (Wildman–Crippen MR) is 69.8 cm³/mol. The van der Waals surface area contributed by atoms with E-state index < -0.39 is 0 Å². The van der Waals surface area contributed by atoms with Crippen molar-refractivity contribution in [2.45, 2.75) is 39.3 Å². The zero-order valence-electron chi connectivity index (χ0n) is 10.6. The topological polar surface area (TPSA) is 61.4 Å². The number of thioether (sulfide) groups is 1. The fraction of sp³-hybridized carbons (Fsp3) is 0.909. The van der Waals surface area contributed by atoms with Crippen molar-refractivity contribution in [1.29, 1.82) is 0 Å². The number of carbonyl (C=O) groups is 1. The molecule has 0 aliphatic rings. The van der Waals surface area contributed by atoms with E-state index in [1.54, 1.807) is 11.8 Å². The molecule has 0 aliphatic carbocycles. The Labute approximate surface area is 103 Å². The van der Waals surface area contributed by atoms with Gasteiger partial charge in [0, 0.05) is 11.8 Å². The summed E-state index contributed by atoms with van der Waals surface area (Å²) in [6.45, 7) is 6.09. The molecule has 5 heteroatoms. The number of nitrogens with one attached hydrogen (secondary N) is 2. The third kappa shape index (κ3) is 7.82. The third-order valence-corrected chi connectivity index (χ3v) is 2.94. The highest BCUT2D eigenvalue weighted by Gasteiger charge is 2.13. The van der Waals surface area contributed by atoms with Crippen LogP contribution in [0.3, 0.4) is 0 Å². The van der Waals surface area contributed by atoms with E-state index >= 15 is 0 Å². The lowest BCUT2D eigenvalue weighted by molar-refractivity contribution is 0.205. The average molecular weight is 248 g/mol. The maximum Gasteiger partial charge on any atom is 0.315 e. The molecule has 0 bridgehead atoms. The molecule has 0 aromatic carbocycles. The molecular weight excluding hydrogens is 224 g/mol. The molecule has 2 atom stereocenters. The molecule has 0 saturated carbocycles. The van der Waals surface area contributed by atoms with Crippen molar-refractivity contribution in [1.82, 2.24) is 10.6 Å². The van der Waals surface area contributed by atoms with E-state index in [1.807, 2.05) is 13.2 Å². The van der Waals surface area contributed by atoms with Gasteiger partial charge < -0.3 is 15.7 Å². The fourth-order valence-electron chi connectivity index (χ4n) is 1.49. The van der Waals surface area contributed by atoms with E-state index in [1.165, 1.54) is 0 Å². The average Bonchev–Trinajstić information content (AvgIpc) is 2.15. The molecule has 0 aromatic rings. The Bertz CT molecular complexity index is 200. The van der Waals surface area contributed by atoms with Crippen molar-refractivity contribution in [3.8, 4) is 0 Å². The fourth-order valence-corrected chi connectivity index (χ4v) is 2.07. The van der Waals surface area contributed by atoms with Crippen molar-refractivity contribution < 1.29 is 9.90 Å². The minimum absolute atomic E-state index is 0.0114. The van der Waals surface area contributed by atoms with Gasteiger partial charge in [0.05, 0.1) is 12.6 Å². The summed E-state index contributed by atoms with van der Waals surface area (Å²) in [6.07, 6.45) is 2.80. The van der Waals surface area contributed by atoms with Crippen molar-refractivity contribution in [2.24, 2.45) is 5.92 Å². The monoisotopic (exact) mass is 248 g/mol.